The molecular weight excluding hydrogens is 408 g/mol. The van der Waals surface area contributed by atoms with Crippen molar-refractivity contribution in [1.82, 2.24) is 14.8 Å². The summed E-state index contributed by atoms with van der Waals surface area (Å²) in [6.45, 7) is 2.80. The monoisotopic (exact) mass is 432 g/mol. The number of anilines is 1. The van der Waals surface area contributed by atoms with E-state index in [0.717, 1.165) is 45.3 Å². The number of halogens is 1. The highest BCUT2D eigenvalue weighted by atomic mass is 35.5. The smallest absolute Gasteiger partial charge is 0.237 e. The van der Waals surface area contributed by atoms with Gasteiger partial charge in [-0.15, -0.1) is 11.3 Å². The number of hydrogen-bond donors (Lipinski definition) is 1. The summed E-state index contributed by atoms with van der Waals surface area (Å²) in [5, 5.41) is 5.48. The predicted molar refractivity (Wildman–Crippen MR) is 115 cm³/mol. The second-order valence-corrected chi connectivity index (χ2v) is 9.08. The Kier molecular flexibility index (Phi) is 6.47. The highest BCUT2D eigenvalue weighted by Crippen LogP contribution is 2.34. The number of nitrogens with zero attached hydrogens (tertiary/aromatic N) is 3. The Morgan fingerprint density at radius 3 is 2.69 bits per heavy atom. The first kappa shape index (κ1) is 20.3. The number of aromatic nitrogens is 1. The number of rotatable bonds is 5. The maximum absolute atomic E-state index is 12.9. The van der Waals surface area contributed by atoms with E-state index in [1.165, 1.54) is 11.1 Å². The van der Waals surface area contributed by atoms with Crippen molar-refractivity contribution in [3.63, 3.8) is 0 Å². The van der Waals surface area contributed by atoms with Gasteiger partial charge in [0.2, 0.25) is 11.8 Å². The molecule has 4 heterocycles. The molecule has 2 aromatic rings. The normalized spacial score (nSPS) is 20.7. The summed E-state index contributed by atoms with van der Waals surface area (Å²) in [5.74, 6) is 0.660. The summed E-state index contributed by atoms with van der Waals surface area (Å²) in [6, 6.07) is 7.82. The molecule has 2 fully saturated rings. The standard InChI is InChI=1S/C21H25ClN4O2S/c22-16-5-6-19(23-13-16)24-21(28)15-7-10-25(11-8-15)14-20(27)26-9-1-3-17(26)18-4-2-12-29-18/h2,4-6,12-13,15,17H,1,3,7-11,14H2,(H,23,24,28). The van der Waals surface area contributed by atoms with Gasteiger partial charge in [0.1, 0.15) is 5.82 Å². The number of piperidine rings is 1. The zero-order chi connectivity index (χ0) is 20.2. The van der Waals surface area contributed by atoms with E-state index in [1.54, 1.807) is 23.5 Å². The van der Waals surface area contributed by atoms with Crippen molar-refractivity contribution in [2.75, 3.05) is 31.5 Å². The molecule has 2 saturated heterocycles. The van der Waals surface area contributed by atoms with Crippen molar-refractivity contribution >= 4 is 40.6 Å². The topological polar surface area (TPSA) is 65.5 Å². The molecular formula is C21H25ClN4O2S. The Labute approximate surface area is 179 Å². The van der Waals surface area contributed by atoms with Crippen LogP contribution in [0.25, 0.3) is 0 Å². The minimum Gasteiger partial charge on any atom is -0.334 e. The largest absolute Gasteiger partial charge is 0.334 e. The molecule has 1 unspecified atom stereocenters. The summed E-state index contributed by atoms with van der Waals surface area (Å²) in [7, 11) is 0. The van der Waals surface area contributed by atoms with E-state index >= 15 is 0 Å². The molecule has 0 radical (unpaired) electrons. The second-order valence-electron chi connectivity index (χ2n) is 7.66. The van der Waals surface area contributed by atoms with Gasteiger partial charge in [0.05, 0.1) is 17.6 Å². The maximum atomic E-state index is 12.9. The van der Waals surface area contributed by atoms with Crippen molar-refractivity contribution in [1.29, 1.82) is 0 Å². The van der Waals surface area contributed by atoms with Crippen LogP contribution in [0, 0.1) is 5.92 Å². The molecule has 2 aromatic heterocycles. The number of carbonyl (C=O) groups is 2. The zero-order valence-electron chi connectivity index (χ0n) is 16.2. The van der Waals surface area contributed by atoms with E-state index < -0.39 is 0 Å². The molecule has 2 aliphatic heterocycles. The Morgan fingerprint density at radius 2 is 2.00 bits per heavy atom. The van der Waals surface area contributed by atoms with E-state index in [0.29, 0.717) is 17.4 Å². The van der Waals surface area contributed by atoms with E-state index in [-0.39, 0.29) is 23.8 Å². The van der Waals surface area contributed by atoms with Gasteiger partial charge in [-0.05, 0) is 62.4 Å². The number of thiophene rings is 1. The van der Waals surface area contributed by atoms with Crippen molar-refractivity contribution < 1.29 is 9.59 Å². The van der Waals surface area contributed by atoms with Crippen molar-refractivity contribution in [3.05, 3.63) is 45.7 Å². The van der Waals surface area contributed by atoms with Crippen molar-refractivity contribution in [2.24, 2.45) is 5.92 Å². The minimum atomic E-state index is -0.0514. The lowest BCUT2D eigenvalue weighted by Gasteiger charge is -2.33. The van der Waals surface area contributed by atoms with Gasteiger partial charge in [-0.25, -0.2) is 4.98 Å². The van der Waals surface area contributed by atoms with Gasteiger partial charge >= 0.3 is 0 Å². The highest BCUT2D eigenvalue weighted by Gasteiger charge is 2.32. The number of carbonyl (C=O) groups excluding carboxylic acids is 2. The Hall–Kier alpha value is -1.96. The Balaban J connectivity index is 1.25. The van der Waals surface area contributed by atoms with Gasteiger partial charge in [0.15, 0.2) is 0 Å². The predicted octanol–water partition coefficient (Wildman–Crippen LogP) is 3.81. The van der Waals surface area contributed by atoms with Gasteiger partial charge in [0.25, 0.3) is 0 Å². The molecule has 1 N–H and O–H groups in total. The fourth-order valence-electron chi connectivity index (χ4n) is 4.16. The summed E-state index contributed by atoms with van der Waals surface area (Å²) in [5.41, 5.74) is 0. The van der Waals surface area contributed by atoms with Crippen LogP contribution in [-0.4, -0.2) is 52.8 Å². The molecule has 0 saturated carbocycles. The molecule has 6 nitrogen and oxygen atoms in total. The van der Waals surface area contributed by atoms with Crippen LogP contribution < -0.4 is 5.32 Å². The van der Waals surface area contributed by atoms with E-state index in [2.05, 4.69) is 32.7 Å². The van der Waals surface area contributed by atoms with Crippen molar-refractivity contribution in [3.8, 4) is 0 Å². The first-order valence-electron chi connectivity index (χ1n) is 10.1. The van der Waals surface area contributed by atoms with Crippen LogP contribution in [-0.2, 0) is 9.59 Å². The maximum Gasteiger partial charge on any atom is 0.237 e. The number of likely N-dealkylation sites (tertiary alicyclic amines) is 2. The fraction of sp³-hybridized carbons (Fsp3) is 0.476. The van der Waals surface area contributed by atoms with E-state index in [1.807, 2.05) is 4.90 Å². The molecule has 29 heavy (non-hydrogen) atoms. The van der Waals surface area contributed by atoms with Gasteiger partial charge < -0.3 is 10.2 Å². The van der Waals surface area contributed by atoms with Crippen LogP contribution in [0.4, 0.5) is 5.82 Å². The molecule has 4 rings (SSSR count). The van der Waals surface area contributed by atoms with Gasteiger partial charge in [-0.2, -0.15) is 0 Å². The molecule has 1 atom stereocenters. The average Bonchev–Trinajstić information content (AvgIpc) is 3.42. The molecule has 154 valence electrons. The summed E-state index contributed by atoms with van der Waals surface area (Å²) in [4.78, 5) is 35.0. The van der Waals surface area contributed by atoms with Gasteiger partial charge in [-0.1, -0.05) is 17.7 Å². The quantitative estimate of drug-likeness (QED) is 0.780. The third kappa shape index (κ3) is 4.97. The van der Waals surface area contributed by atoms with E-state index in [9.17, 15) is 9.59 Å². The lowest BCUT2D eigenvalue weighted by Crippen LogP contribution is -2.44. The van der Waals surface area contributed by atoms with Gasteiger partial charge in [-0.3, -0.25) is 14.5 Å². The lowest BCUT2D eigenvalue weighted by molar-refractivity contribution is -0.133. The SMILES string of the molecule is O=C(Nc1ccc(Cl)cn1)C1CCN(CC(=O)N2CCCC2c2cccs2)CC1. The fourth-order valence-corrected chi connectivity index (χ4v) is 5.14. The number of pyridine rings is 1. The van der Waals surface area contributed by atoms with Crippen LogP contribution in [0.5, 0.6) is 0 Å². The highest BCUT2D eigenvalue weighted by molar-refractivity contribution is 7.10. The number of hydrogen-bond acceptors (Lipinski definition) is 5. The Bertz CT molecular complexity index is 835. The van der Waals surface area contributed by atoms with Crippen LogP contribution >= 0.6 is 22.9 Å². The first-order valence-corrected chi connectivity index (χ1v) is 11.3. The number of amides is 2. The minimum absolute atomic E-state index is 0.0110. The Morgan fingerprint density at radius 1 is 1.17 bits per heavy atom. The molecule has 0 bridgehead atoms. The van der Waals surface area contributed by atoms with Crippen LogP contribution in [0.2, 0.25) is 5.02 Å². The third-order valence-electron chi connectivity index (χ3n) is 5.74. The third-order valence-corrected chi connectivity index (χ3v) is 6.94. The summed E-state index contributed by atoms with van der Waals surface area (Å²) in [6.07, 6.45) is 5.14. The summed E-state index contributed by atoms with van der Waals surface area (Å²) >= 11 is 7.56. The first-order chi connectivity index (χ1) is 14.1. The van der Waals surface area contributed by atoms with E-state index in [4.69, 9.17) is 11.6 Å². The van der Waals surface area contributed by atoms with Crippen LogP contribution in [0.15, 0.2) is 35.8 Å². The van der Waals surface area contributed by atoms with Gasteiger partial charge in [0, 0.05) is 23.5 Å². The van der Waals surface area contributed by atoms with Crippen molar-refractivity contribution in [2.45, 2.75) is 31.7 Å². The zero-order valence-corrected chi connectivity index (χ0v) is 17.8. The summed E-state index contributed by atoms with van der Waals surface area (Å²) < 4.78 is 0. The molecule has 0 aromatic carbocycles. The van der Waals surface area contributed by atoms with Crippen LogP contribution in [0.1, 0.15) is 36.6 Å². The molecule has 0 spiro atoms. The lowest BCUT2D eigenvalue weighted by atomic mass is 9.96. The molecule has 2 amide bonds. The van der Waals surface area contributed by atoms with Crippen LogP contribution in [0.3, 0.4) is 0 Å². The molecule has 2 aliphatic rings. The molecule has 8 heteroatoms. The average molecular weight is 433 g/mol. The second kappa shape index (κ2) is 9.24. The molecule has 0 aliphatic carbocycles. The number of nitrogens with one attached hydrogen (secondary N) is 1.